The first-order valence-electron chi connectivity index (χ1n) is 10.6. The molecule has 3 aromatic rings. The molecule has 32 heavy (non-hydrogen) atoms. The van der Waals surface area contributed by atoms with Crippen molar-refractivity contribution in [2.75, 3.05) is 18.5 Å². The van der Waals surface area contributed by atoms with Crippen molar-refractivity contribution in [1.29, 1.82) is 0 Å². The molecule has 2 amide bonds. The zero-order chi connectivity index (χ0) is 22.8. The molecule has 0 aliphatic rings. The molecular weight excluding hydrogens is 422 g/mol. The summed E-state index contributed by atoms with van der Waals surface area (Å²) in [5.74, 6) is 0.499. The molecule has 2 aromatic carbocycles. The molecule has 7 heteroatoms. The van der Waals surface area contributed by atoms with Gasteiger partial charge in [0, 0.05) is 36.1 Å². The fraction of sp³-hybridized carbons (Fsp3) is 0.240. The van der Waals surface area contributed by atoms with Crippen LogP contribution >= 0.6 is 11.3 Å². The van der Waals surface area contributed by atoms with Crippen LogP contribution in [0.2, 0.25) is 0 Å². The Balaban J connectivity index is 1.55. The summed E-state index contributed by atoms with van der Waals surface area (Å²) in [5, 5.41) is 8.09. The van der Waals surface area contributed by atoms with Gasteiger partial charge in [-0.15, -0.1) is 11.3 Å². The van der Waals surface area contributed by atoms with Gasteiger partial charge in [-0.25, -0.2) is 4.98 Å². The van der Waals surface area contributed by atoms with E-state index in [0.717, 1.165) is 35.4 Å². The van der Waals surface area contributed by atoms with Crippen LogP contribution in [0.15, 0.2) is 60.0 Å². The number of anilines is 1. The summed E-state index contributed by atoms with van der Waals surface area (Å²) >= 11 is 1.39. The van der Waals surface area contributed by atoms with Crippen LogP contribution in [-0.4, -0.2) is 29.9 Å². The smallest absolute Gasteiger partial charge is 0.250 e. The van der Waals surface area contributed by atoms with Crippen molar-refractivity contribution in [3.8, 4) is 17.0 Å². The molecular formula is C25H27N3O3S. The first-order valence-corrected chi connectivity index (χ1v) is 11.4. The van der Waals surface area contributed by atoms with E-state index in [9.17, 15) is 9.59 Å². The number of aryl methyl sites for hydroxylation is 1. The highest BCUT2D eigenvalue weighted by Crippen LogP contribution is 2.25. The SMILES string of the molecule is CCOc1ccccc1/C=C/C(=O)Nc1nc(-c2ccc(CCCNC(C)=O)cc2)cs1. The number of hydrogen-bond acceptors (Lipinski definition) is 5. The second-order valence-corrected chi connectivity index (χ2v) is 7.97. The van der Waals surface area contributed by atoms with Crippen molar-refractivity contribution in [3.05, 3.63) is 71.1 Å². The van der Waals surface area contributed by atoms with E-state index < -0.39 is 0 Å². The predicted molar refractivity (Wildman–Crippen MR) is 130 cm³/mol. The second-order valence-electron chi connectivity index (χ2n) is 7.11. The molecule has 0 bridgehead atoms. The highest BCUT2D eigenvalue weighted by molar-refractivity contribution is 7.14. The summed E-state index contributed by atoms with van der Waals surface area (Å²) in [4.78, 5) is 27.8. The number of ether oxygens (including phenoxy) is 1. The molecule has 0 aliphatic carbocycles. The standard InChI is InChI=1S/C25H27N3O3S/c1-3-31-23-9-5-4-8-21(23)14-15-24(30)28-25-27-22(17-32-25)20-12-10-19(11-13-20)7-6-16-26-18(2)29/h4-5,8-15,17H,3,6-7,16H2,1-2H3,(H,26,29)(H,27,28,30)/b15-14+. The molecule has 0 atom stereocenters. The highest BCUT2D eigenvalue weighted by Gasteiger charge is 2.07. The van der Waals surface area contributed by atoms with Gasteiger partial charge in [-0.1, -0.05) is 42.5 Å². The van der Waals surface area contributed by atoms with Gasteiger partial charge < -0.3 is 10.1 Å². The number of aromatic nitrogens is 1. The third kappa shape index (κ3) is 7.06. The molecule has 2 N–H and O–H groups in total. The van der Waals surface area contributed by atoms with Crippen LogP contribution in [0.3, 0.4) is 0 Å². The Hall–Kier alpha value is -3.45. The van der Waals surface area contributed by atoms with Crippen LogP contribution in [0.5, 0.6) is 5.75 Å². The highest BCUT2D eigenvalue weighted by atomic mass is 32.1. The normalized spacial score (nSPS) is 10.8. The first-order chi connectivity index (χ1) is 15.5. The summed E-state index contributed by atoms with van der Waals surface area (Å²) in [5.41, 5.74) is 3.87. The lowest BCUT2D eigenvalue weighted by Gasteiger charge is -2.06. The Labute approximate surface area is 192 Å². The van der Waals surface area contributed by atoms with Crippen molar-refractivity contribution in [2.24, 2.45) is 0 Å². The van der Waals surface area contributed by atoms with Crippen LogP contribution in [0.4, 0.5) is 5.13 Å². The van der Waals surface area contributed by atoms with E-state index in [1.807, 2.05) is 48.7 Å². The first kappa shape index (κ1) is 23.2. The van der Waals surface area contributed by atoms with Crippen LogP contribution in [0.25, 0.3) is 17.3 Å². The second kappa shape index (κ2) is 11.8. The molecule has 0 spiro atoms. The lowest BCUT2D eigenvalue weighted by Crippen LogP contribution is -2.21. The molecule has 3 rings (SSSR count). The van der Waals surface area contributed by atoms with Crippen molar-refractivity contribution in [1.82, 2.24) is 10.3 Å². The van der Waals surface area contributed by atoms with Crippen LogP contribution < -0.4 is 15.4 Å². The van der Waals surface area contributed by atoms with E-state index in [1.165, 1.54) is 29.9 Å². The number of amides is 2. The molecule has 1 heterocycles. The van der Waals surface area contributed by atoms with Gasteiger partial charge in [-0.05, 0) is 37.5 Å². The van der Waals surface area contributed by atoms with E-state index >= 15 is 0 Å². The van der Waals surface area contributed by atoms with Crippen LogP contribution in [0.1, 0.15) is 31.4 Å². The Morgan fingerprint density at radius 3 is 2.66 bits per heavy atom. The van der Waals surface area contributed by atoms with E-state index in [2.05, 4.69) is 27.8 Å². The summed E-state index contributed by atoms with van der Waals surface area (Å²) in [6.45, 7) is 4.70. The minimum Gasteiger partial charge on any atom is -0.493 e. The topological polar surface area (TPSA) is 80.3 Å². The summed E-state index contributed by atoms with van der Waals surface area (Å²) in [6.07, 6.45) is 5.01. The number of rotatable bonds is 10. The molecule has 0 fully saturated rings. The quantitative estimate of drug-likeness (QED) is 0.340. The fourth-order valence-electron chi connectivity index (χ4n) is 3.08. The van der Waals surface area contributed by atoms with Crippen LogP contribution in [0, 0.1) is 0 Å². The van der Waals surface area contributed by atoms with Gasteiger partial charge in [0.05, 0.1) is 12.3 Å². The third-order valence-electron chi connectivity index (χ3n) is 4.63. The van der Waals surface area contributed by atoms with E-state index in [0.29, 0.717) is 18.3 Å². The number of carbonyl (C=O) groups excluding carboxylic acids is 2. The van der Waals surface area contributed by atoms with Crippen molar-refractivity contribution in [3.63, 3.8) is 0 Å². The van der Waals surface area contributed by atoms with Gasteiger partial charge in [0.15, 0.2) is 5.13 Å². The molecule has 0 saturated carbocycles. The van der Waals surface area contributed by atoms with Gasteiger partial charge in [-0.3, -0.25) is 14.9 Å². The molecule has 1 aromatic heterocycles. The zero-order valence-electron chi connectivity index (χ0n) is 18.3. The minimum absolute atomic E-state index is 0.00223. The lowest BCUT2D eigenvalue weighted by molar-refractivity contribution is -0.119. The molecule has 166 valence electrons. The number of hydrogen-bond donors (Lipinski definition) is 2. The van der Waals surface area contributed by atoms with Gasteiger partial charge in [0.25, 0.3) is 0 Å². The zero-order valence-corrected chi connectivity index (χ0v) is 19.1. The Morgan fingerprint density at radius 1 is 1.12 bits per heavy atom. The Bertz CT molecular complexity index is 1070. The largest absolute Gasteiger partial charge is 0.493 e. The average Bonchev–Trinajstić information content (AvgIpc) is 3.25. The maximum atomic E-state index is 12.3. The van der Waals surface area contributed by atoms with Crippen LogP contribution in [-0.2, 0) is 16.0 Å². The maximum Gasteiger partial charge on any atom is 0.250 e. The number of nitrogens with zero attached hydrogens (tertiary/aromatic N) is 1. The Kier molecular flexibility index (Phi) is 8.57. The fourth-order valence-corrected chi connectivity index (χ4v) is 3.80. The van der Waals surface area contributed by atoms with E-state index in [1.54, 1.807) is 6.08 Å². The number of carbonyl (C=O) groups is 2. The van der Waals surface area contributed by atoms with E-state index in [4.69, 9.17) is 4.74 Å². The number of para-hydroxylation sites is 1. The number of nitrogens with one attached hydrogen (secondary N) is 2. The van der Waals surface area contributed by atoms with Crippen molar-refractivity contribution >= 4 is 34.4 Å². The van der Waals surface area contributed by atoms with Gasteiger partial charge in [0.1, 0.15) is 5.75 Å². The van der Waals surface area contributed by atoms with Gasteiger partial charge in [-0.2, -0.15) is 0 Å². The van der Waals surface area contributed by atoms with Crippen molar-refractivity contribution in [2.45, 2.75) is 26.7 Å². The summed E-state index contributed by atoms with van der Waals surface area (Å²) < 4.78 is 5.58. The number of thiazole rings is 1. The molecule has 0 unspecified atom stereocenters. The maximum absolute atomic E-state index is 12.3. The molecule has 6 nitrogen and oxygen atoms in total. The lowest BCUT2D eigenvalue weighted by atomic mass is 10.1. The van der Waals surface area contributed by atoms with Gasteiger partial charge >= 0.3 is 0 Å². The average molecular weight is 450 g/mol. The molecule has 0 radical (unpaired) electrons. The number of benzene rings is 2. The summed E-state index contributed by atoms with van der Waals surface area (Å²) in [6, 6.07) is 15.8. The minimum atomic E-state index is -0.244. The van der Waals surface area contributed by atoms with Crippen molar-refractivity contribution < 1.29 is 14.3 Å². The molecule has 0 saturated heterocycles. The van der Waals surface area contributed by atoms with E-state index in [-0.39, 0.29) is 11.8 Å². The summed E-state index contributed by atoms with van der Waals surface area (Å²) in [7, 11) is 0. The monoisotopic (exact) mass is 449 g/mol. The third-order valence-corrected chi connectivity index (χ3v) is 5.39. The Morgan fingerprint density at radius 2 is 1.91 bits per heavy atom. The molecule has 0 aliphatic heterocycles. The van der Waals surface area contributed by atoms with Gasteiger partial charge in [0.2, 0.25) is 11.8 Å². The predicted octanol–water partition coefficient (Wildman–Crippen LogP) is 4.93.